The minimum atomic E-state index is 0.239. The third-order valence-electron chi connectivity index (χ3n) is 2.60. The molecule has 0 radical (unpaired) electrons. The van der Waals surface area contributed by atoms with E-state index in [1.807, 2.05) is 30.9 Å². The Labute approximate surface area is 116 Å². The third kappa shape index (κ3) is 3.35. The molecule has 108 valence electrons. The van der Waals surface area contributed by atoms with Gasteiger partial charge in [0.1, 0.15) is 5.76 Å². The minimum Gasteiger partial charge on any atom is -0.467 e. The van der Waals surface area contributed by atoms with E-state index in [-0.39, 0.29) is 12.0 Å². The van der Waals surface area contributed by atoms with Crippen LogP contribution in [0.2, 0.25) is 0 Å². The fourth-order valence-corrected chi connectivity index (χ4v) is 1.66. The molecule has 0 saturated carbocycles. The Morgan fingerprint density at radius 1 is 1.35 bits per heavy atom. The van der Waals surface area contributed by atoms with Gasteiger partial charge in [-0.25, -0.2) is 5.84 Å². The molecule has 2 aromatic rings. The molecule has 20 heavy (non-hydrogen) atoms. The van der Waals surface area contributed by atoms with Crippen LogP contribution in [0.5, 0.6) is 6.01 Å². The number of furan rings is 1. The topological polar surface area (TPSA) is 102 Å². The summed E-state index contributed by atoms with van der Waals surface area (Å²) in [4.78, 5) is 14.5. The SMILES string of the molecule is CCOc1nc(NN)nc(N(CC)Cc2ccco2)n1. The first-order valence-corrected chi connectivity index (χ1v) is 6.39. The van der Waals surface area contributed by atoms with Crippen LogP contribution in [0, 0.1) is 0 Å². The van der Waals surface area contributed by atoms with E-state index >= 15 is 0 Å². The van der Waals surface area contributed by atoms with Crippen molar-refractivity contribution in [2.24, 2.45) is 5.84 Å². The van der Waals surface area contributed by atoms with E-state index in [4.69, 9.17) is 15.0 Å². The van der Waals surface area contributed by atoms with Crippen molar-refractivity contribution in [2.75, 3.05) is 23.5 Å². The van der Waals surface area contributed by atoms with Crippen molar-refractivity contribution >= 4 is 11.9 Å². The fraction of sp³-hybridized carbons (Fsp3) is 0.417. The molecule has 2 rings (SSSR count). The molecule has 0 amide bonds. The quantitative estimate of drug-likeness (QED) is 0.575. The van der Waals surface area contributed by atoms with E-state index in [2.05, 4.69) is 20.4 Å². The maximum absolute atomic E-state index is 5.37. The van der Waals surface area contributed by atoms with Gasteiger partial charge in [-0.05, 0) is 26.0 Å². The zero-order chi connectivity index (χ0) is 14.4. The third-order valence-corrected chi connectivity index (χ3v) is 2.60. The van der Waals surface area contributed by atoms with Gasteiger partial charge in [-0.15, -0.1) is 0 Å². The molecule has 0 saturated heterocycles. The van der Waals surface area contributed by atoms with Gasteiger partial charge in [0.05, 0.1) is 19.4 Å². The highest BCUT2D eigenvalue weighted by Gasteiger charge is 2.14. The summed E-state index contributed by atoms with van der Waals surface area (Å²) >= 11 is 0. The second kappa shape index (κ2) is 6.71. The lowest BCUT2D eigenvalue weighted by atomic mass is 10.4. The van der Waals surface area contributed by atoms with Crippen molar-refractivity contribution in [3.8, 4) is 6.01 Å². The Balaban J connectivity index is 2.25. The van der Waals surface area contributed by atoms with Crippen LogP contribution in [0.4, 0.5) is 11.9 Å². The molecule has 0 aliphatic rings. The number of nitrogen functional groups attached to an aromatic ring is 1. The van der Waals surface area contributed by atoms with Gasteiger partial charge in [0.2, 0.25) is 11.9 Å². The predicted octanol–water partition coefficient (Wildman–Crippen LogP) is 1.18. The Morgan fingerprint density at radius 3 is 2.80 bits per heavy atom. The van der Waals surface area contributed by atoms with Gasteiger partial charge in [-0.1, -0.05) is 0 Å². The summed E-state index contributed by atoms with van der Waals surface area (Å²) in [6.45, 7) is 5.60. The molecule has 8 nitrogen and oxygen atoms in total. The number of hydrazine groups is 1. The Bertz CT molecular complexity index is 531. The van der Waals surface area contributed by atoms with Gasteiger partial charge in [-0.3, -0.25) is 5.43 Å². The molecule has 2 aromatic heterocycles. The molecule has 0 bridgehead atoms. The molecule has 0 aliphatic heterocycles. The van der Waals surface area contributed by atoms with Crippen molar-refractivity contribution in [1.82, 2.24) is 15.0 Å². The molecule has 0 fully saturated rings. The van der Waals surface area contributed by atoms with E-state index in [1.54, 1.807) is 6.26 Å². The highest BCUT2D eigenvalue weighted by atomic mass is 16.5. The molecular weight excluding hydrogens is 260 g/mol. The average molecular weight is 278 g/mol. The largest absolute Gasteiger partial charge is 0.467 e. The van der Waals surface area contributed by atoms with Crippen LogP contribution >= 0.6 is 0 Å². The maximum atomic E-state index is 5.37. The predicted molar refractivity (Wildman–Crippen MR) is 74.2 cm³/mol. The Hall–Kier alpha value is -2.35. The van der Waals surface area contributed by atoms with Gasteiger partial charge in [0, 0.05) is 6.54 Å². The lowest BCUT2D eigenvalue weighted by Crippen LogP contribution is -2.25. The molecular formula is C12H18N6O2. The van der Waals surface area contributed by atoms with Crippen molar-refractivity contribution < 1.29 is 9.15 Å². The number of aromatic nitrogens is 3. The standard InChI is InChI=1S/C12H18N6O2/c1-3-18(8-9-6-5-7-20-9)11-14-10(17-13)15-12(16-11)19-4-2/h5-7H,3-4,8,13H2,1-2H3,(H,14,15,16,17). The second-order valence-corrected chi connectivity index (χ2v) is 3.91. The normalized spacial score (nSPS) is 10.3. The van der Waals surface area contributed by atoms with Gasteiger partial charge >= 0.3 is 6.01 Å². The number of anilines is 2. The number of hydrogen-bond acceptors (Lipinski definition) is 8. The average Bonchev–Trinajstić information content (AvgIpc) is 2.97. The van der Waals surface area contributed by atoms with Crippen molar-refractivity contribution in [2.45, 2.75) is 20.4 Å². The molecule has 0 unspecified atom stereocenters. The van der Waals surface area contributed by atoms with Crippen LogP contribution in [0.1, 0.15) is 19.6 Å². The number of rotatable bonds is 7. The summed E-state index contributed by atoms with van der Waals surface area (Å²) in [5, 5.41) is 0. The number of hydrogen-bond donors (Lipinski definition) is 2. The van der Waals surface area contributed by atoms with E-state index in [9.17, 15) is 0 Å². The van der Waals surface area contributed by atoms with E-state index in [0.29, 0.717) is 25.6 Å². The molecule has 0 atom stereocenters. The van der Waals surface area contributed by atoms with Gasteiger partial charge in [-0.2, -0.15) is 15.0 Å². The first-order valence-electron chi connectivity index (χ1n) is 6.39. The van der Waals surface area contributed by atoms with Gasteiger partial charge < -0.3 is 14.1 Å². The van der Waals surface area contributed by atoms with E-state index < -0.39 is 0 Å². The molecule has 3 N–H and O–H groups in total. The molecule has 8 heteroatoms. The summed E-state index contributed by atoms with van der Waals surface area (Å²) in [6.07, 6.45) is 1.63. The first-order chi connectivity index (χ1) is 9.76. The minimum absolute atomic E-state index is 0.239. The smallest absolute Gasteiger partial charge is 0.323 e. The lowest BCUT2D eigenvalue weighted by molar-refractivity contribution is 0.312. The molecule has 0 aliphatic carbocycles. The van der Waals surface area contributed by atoms with Crippen LogP contribution in [-0.2, 0) is 6.54 Å². The summed E-state index contributed by atoms with van der Waals surface area (Å²) in [6, 6.07) is 3.98. The number of nitrogens with two attached hydrogens (primary N) is 1. The second-order valence-electron chi connectivity index (χ2n) is 3.91. The number of ether oxygens (including phenoxy) is 1. The van der Waals surface area contributed by atoms with Crippen molar-refractivity contribution in [1.29, 1.82) is 0 Å². The maximum Gasteiger partial charge on any atom is 0.323 e. The summed E-state index contributed by atoms with van der Waals surface area (Å²) in [5.74, 6) is 6.93. The van der Waals surface area contributed by atoms with Gasteiger partial charge in [0.15, 0.2) is 0 Å². The number of nitrogens with zero attached hydrogens (tertiary/aromatic N) is 4. The first kappa shape index (κ1) is 14.1. The van der Waals surface area contributed by atoms with Crippen LogP contribution < -0.4 is 20.9 Å². The van der Waals surface area contributed by atoms with Crippen LogP contribution in [0.25, 0.3) is 0 Å². The van der Waals surface area contributed by atoms with Crippen molar-refractivity contribution in [3.63, 3.8) is 0 Å². The summed E-state index contributed by atoms with van der Waals surface area (Å²) in [5.41, 5.74) is 2.41. The summed E-state index contributed by atoms with van der Waals surface area (Å²) < 4.78 is 10.6. The highest BCUT2D eigenvalue weighted by molar-refractivity contribution is 5.37. The highest BCUT2D eigenvalue weighted by Crippen LogP contribution is 2.17. The fourth-order valence-electron chi connectivity index (χ4n) is 1.66. The van der Waals surface area contributed by atoms with E-state index in [1.165, 1.54) is 0 Å². The summed E-state index contributed by atoms with van der Waals surface area (Å²) in [7, 11) is 0. The Morgan fingerprint density at radius 2 is 2.20 bits per heavy atom. The van der Waals surface area contributed by atoms with Crippen molar-refractivity contribution in [3.05, 3.63) is 24.2 Å². The molecule has 0 spiro atoms. The molecule has 0 aromatic carbocycles. The van der Waals surface area contributed by atoms with Crippen LogP contribution in [0.15, 0.2) is 22.8 Å². The lowest BCUT2D eigenvalue weighted by Gasteiger charge is -2.20. The Kier molecular flexibility index (Phi) is 4.72. The zero-order valence-electron chi connectivity index (χ0n) is 11.5. The molecule has 2 heterocycles. The van der Waals surface area contributed by atoms with Crippen LogP contribution in [0.3, 0.4) is 0 Å². The number of nitrogens with one attached hydrogen (secondary N) is 1. The van der Waals surface area contributed by atoms with Crippen LogP contribution in [-0.4, -0.2) is 28.1 Å². The van der Waals surface area contributed by atoms with E-state index in [0.717, 1.165) is 5.76 Å². The monoisotopic (exact) mass is 278 g/mol. The zero-order valence-corrected chi connectivity index (χ0v) is 11.5. The van der Waals surface area contributed by atoms with Gasteiger partial charge in [0.25, 0.3) is 0 Å².